The maximum atomic E-state index is 12.2. The summed E-state index contributed by atoms with van der Waals surface area (Å²) in [6.45, 7) is 0. The Labute approximate surface area is 96.4 Å². The predicted octanol–water partition coefficient (Wildman–Crippen LogP) is 3.45. The van der Waals surface area contributed by atoms with Crippen molar-refractivity contribution in [1.82, 2.24) is 4.98 Å². The minimum atomic E-state index is -4.49. The number of thiophene rings is 1. The highest BCUT2D eigenvalue weighted by atomic mass is 32.1. The first-order valence-corrected chi connectivity index (χ1v) is 5.84. The minimum absolute atomic E-state index is 0.00530. The normalized spacial score (nSPS) is 11.7. The van der Waals surface area contributed by atoms with Gasteiger partial charge in [-0.3, -0.25) is 4.79 Å². The van der Waals surface area contributed by atoms with E-state index in [4.69, 9.17) is 0 Å². The monoisotopic (exact) mass is 263 g/mol. The summed E-state index contributed by atoms with van der Waals surface area (Å²) in [6, 6.07) is 1.57. The van der Waals surface area contributed by atoms with Crippen molar-refractivity contribution in [3.63, 3.8) is 0 Å². The van der Waals surface area contributed by atoms with Crippen molar-refractivity contribution < 1.29 is 18.0 Å². The fourth-order valence-corrected chi connectivity index (χ4v) is 2.43. The average Bonchev–Trinajstić information content (AvgIpc) is 2.87. The number of carbonyl (C=O) groups is 1. The van der Waals surface area contributed by atoms with Gasteiger partial charge in [-0.15, -0.1) is 11.3 Å². The van der Waals surface area contributed by atoms with Gasteiger partial charge in [-0.05, 0) is 11.4 Å². The molecule has 0 atom stereocenters. The Bertz CT molecular complexity index is 501. The Morgan fingerprint density at radius 1 is 1.38 bits per heavy atom. The molecular weight excluding hydrogens is 259 g/mol. The maximum Gasteiger partial charge on any atom is 0.443 e. The fraction of sp³-hybridized carbons (Fsp3) is 0.111. The van der Waals surface area contributed by atoms with E-state index in [0.29, 0.717) is 16.9 Å². The number of thiazole rings is 1. The van der Waals surface area contributed by atoms with Gasteiger partial charge in [0.2, 0.25) is 5.78 Å². The van der Waals surface area contributed by atoms with E-state index in [2.05, 4.69) is 4.98 Å². The van der Waals surface area contributed by atoms with Crippen molar-refractivity contribution in [2.45, 2.75) is 6.18 Å². The molecule has 0 aliphatic heterocycles. The van der Waals surface area contributed by atoms with E-state index in [0.717, 1.165) is 6.20 Å². The molecule has 0 amide bonds. The third-order valence-electron chi connectivity index (χ3n) is 1.76. The van der Waals surface area contributed by atoms with Crippen molar-refractivity contribution in [2.24, 2.45) is 0 Å². The molecule has 0 aromatic carbocycles. The smallest absolute Gasteiger partial charge is 0.288 e. The van der Waals surface area contributed by atoms with Gasteiger partial charge in [0.25, 0.3) is 0 Å². The van der Waals surface area contributed by atoms with Crippen molar-refractivity contribution >= 4 is 28.5 Å². The van der Waals surface area contributed by atoms with Gasteiger partial charge in [-0.1, -0.05) is 0 Å². The van der Waals surface area contributed by atoms with E-state index in [1.807, 2.05) is 0 Å². The number of halogens is 3. The van der Waals surface area contributed by atoms with E-state index in [-0.39, 0.29) is 4.88 Å². The first kappa shape index (κ1) is 11.3. The zero-order valence-electron chi connectivity index (χ0n) is 7.62. The molecule has 2 nitrogen and oxygen atoms in total. The topological polar surface area (TPSA) is 30.0 Å². The summed E-state index contributed by atoms with van der Waals surface area (Å²) in [5.41, 5.74) is 0.391. The summed E-state index contributed by atoms with van der Waals surface area (Å²) < 4.78 is 36.7. The van der Waals surface area contributed by atoms with Crippen LogP contribution in [0.5, 0.6) is 0 Å². The lowest BCUT2D eigenvalue weighted by atomic mass is 10.2. The molecule has 0 saturated carbocycles. The van der Waals surface area contributed by atoms with Gasteiger partial charge in [-0.25, -0.2) is 4.98 Å². The minimum Gasteiger partial charge on any atom is -0.288 e. The number of aromatic nitrogens is 1. The molecule has 16 heavy (non-hydrogen) atoms. The lowest BCUT2D eigenvalue weighted by molar-refractivity contribution is -0.137. The molecule has 84 valence electrons. The van der Waals surface area contributed by atoms with Crippen LogP contribution in [0.15, 0.2) is 23.0 Å². The molecule has 0 spiro atoms. The predicted molar refractivity (Wildman–Crippen MR) is 54.9 cm³/mol. The first-order valence-electron chi connectivity index (χ1n) is 4.08. The standard InChI is InChI=1S/C9H4F3NOS2/c10-9(11,12)8-13-3-6(16-8)7(14)5-1-2-15-4-5/h1-4H. The number of alkyl halides is 3. The van der Waals surface area contributed by atoms with Gasteiger partial charge in [0, 0.05) is 17.1 Å². The van der Waals surface area contributed by atoms with E-state index >= 15 is 0 Å². The molecule has 2 heterocycles. The van der Waals surface area contributed by atoms with Crippen LogP contribution in [0.1, 0.15) is 20.2 Å². The third-order valence-corrected chi connectivity index (χ3v) is 3.48. The van der Waals surface area contributed by atoms with Crippen LogP contribution >= 0.6 is 22.7 Å². The highest BCUT2D eigenvalue weighted by Crippen LogP contribution is 2.33. The highest BCUT2D eigenvalue weighted by Gasteiger charge is 2.35. The van der Waals surface area contributed by atoms with Crippen LogP contribution in [0, 0.1) is 0 Å². The Morgan fingerprint density at radius 2 is 2.12 bits per heavy atom. The SMILES string of the molecule is O=C(c1ccsc1)c1cnc(C(F)(F)F)s1. The summed E-state index contributed by atoms with van der Waals surface area (Å²) in [4.78, 5) is 14.9. The molecule has 0 bridgehead atoms. The fourth-order valence-electron chi connectivity index (χ4n) is 1.05. The molecule has 2 rings (SSSR count). The van der Waals surface area contributed by atoms with E-state index in [1.165, 1.54) is 11.3 Å². The molecule has 0 radical (unpaired) electrons. The quantitative estimate of drug-likeness (QED) is 0.777. The highest BCUT2D eigenvalue weighted by molar-refractivity contribution is 7.14. The van der Waals surface area contributed by atoms with Crippen molar-refractivity contribution in [3.05, 3.63) is 38.5 Å². The maximum absolute atomic E-state index is 12.2. The molecule has 0 fully saturated rings. The second-order valence-electron chi connectivity index (χ2n) is 2.87. The van der Waals surface area contributed by atoms with E-state index < -0.39 is 17.0 Å². The number of ketones is 1. The third kappa shape index (κ3) is 2.14. The van der Waals surface area contributed by atoms with Crippen molar-refractivity contribution in [3.8, 4) is 0 Å². The second-order valence-corrected chi connectivity index (χ2v) is 4.68. The molecule has 0 N–H and O–H groups in total. The van der Waals surface area contributed by atoms with Crippen LogP contribution in [0.4, 0.5) is 13.2 Å². The molecule has 0 aliphatic rings. The second kappa shape index (κ2) is 3.99. The summed E-state index contributed by atoms with van der Waals surface area (Å²) >= 11 is 1.68. The molecule has 2 aromatic rings. The Balaban J connectivity index is 2.30. The lowest BCUT2D eigenvalue weighted by Crippen LogP contribution is -2.03. The van der Waals surface area contributed by atoms with Gasteiger partial charge in [-0.2, -0.15) is 24.5 Å². The average molecular weight is 263 g/mol. The zero-order chi connectivity index (χ0) is 11.8. The summed E-state index contributed by atoms with van der Waals surface area (Å²) in [5.74, 6) is -0.422. The molecule has 0 saturated heterocycles. The summed E-state index contributed by atoms with van der Waals surface area (Å²) in [6.07, 6.45) is -3.52. The number of nitrogens with zero attached hydrogens (tertiary/aromatic N) is 1. The Morgan fingerprint density at radius 3 is 2.62 bits per heavy atom. The Hall–Kier alpha value is -1.21. The molecule has 7 heteroatoms. The van der Waals surface area contributed by atoms with Gasteiger partial charge < -0.3 is 0 Å². The van der Waals surface area contributed by atoms with Gasteiger partial charge >= 0.3 is 6.18 Å². The van der Waals surface area contributed by atoms with Crippen LogP contribution in [-0.4, -0.2) is 10.8 Å². The van der Waals surface area contributed by atoms with Crippen LogP contribution in [-0.2, 0) is 6.18 Å². The van der Waals surface area contributed by atoms with Crippen LogP contribution in [0.3, 0.4) is 0 Å². The number of hydrogen-bond donors (Lipinski definition) is 0. The van der Waals surface area contributed by atoms with Crippen LogP contribution < -0.4 is 0 Å². The van der Waals surface area contributed by atoms with Gasteiger partial charge in [0.15, 0.2) is 5.01 Å². The van der Waals surface area contributed by atoms with Gasteiger partial charge in [0.05, 0.1) is 4.88 Å². The van der Waals surface area contributed by atoms with E-state index in [9.17, 15) is 18.0 Å². The lowest BCUT2D eigenvalue weighted by Gasteiger charge is -1.98. The Kier molecular flexibility index (Phi) is 2.81. The number of hydrogen-bond acceptors (Lipinski definition) is 4. The molecule has 0 aliphatic carbocycles. The van der Waals surface area contributed by atoms with Crippen molar-refractivity contribution in [1.29, 1.82) is 0 Å². The molecule has 0 unspecified atom stereocenters. The first-order chi connectivity index (χ1) is 7.48. The summed E-state index contributed by atoms with van der Waals surface area (Å²) in [7, 11) is 0. The van der Waals surface area contributed by atoms with Gasteiger partial charge in [0.1, 0.15) is 0 Å². The van der Waals surface area contributed by atoms with Crippen molar-refractivity contribution in [2.75, 3.05) is 0 Å². The molecule has 2 aromatic heterocycles. The van der Waals surface area contributed by atoms with Crippen LogP contribution in [0.2, 0.25) is 0 Å². The summed E-state index contributed by atoms with van der Waals surface area (Å²) in [5, 5.41) is 2.29. The zero-order valence-corrected chi connectivity index (χ0v) is 9.25. The molecular formula is C9H4F3NOS2. The largest absolute Gasteiger partial charge is 0.443 e. The number of carbonyl (C=O) groups excluding carboxylic acids is 1. The van der Waals surface area contributed by atoms with Crippen LogP contribution in [0.25, 0.3) is 0 Å². The van der Waals surface area contributed by atoms with E-state index in [1.54, 1.807) is 16.8 Å². The number of rotatable bonds is 2.